The minimum absolute atomic E-state index is 0.874. The van der Waals surface area contributed by atoms with Crippen LogP contribution in [0.3, 0.4) is 0 Å². The van der Waals surface area contributed by atoms with Gasteiger partial charge < -0.3 is 5.32 Å². The molecule has 1 aliphatic carbocycles. The first-order valence-corrected chi connectivity index (χ1v) is 8.36. The van der Waals surface area contributed by atoms with Crippen molar-refractivity contribution in [2.24, 2.45) is 5.92 Å². The van der Waals surface area contributed by atoms with Crippen molar-refractivity contribution < 1.29 is 0 Å². The van der Waals surface area contributed by atoms with E-state index in [0.29, 0.717) is 0 Å². The molecule has 1 saturated heterocycles. The molecule has 2 rings (SSSR count). The van der Waals surface area contributed by atoms with Crippen LogP contribution in [0.15, 0.2) is 0 Å². The van der Waals surface area contributed by atoms with Crippen LogP contribution in [0.25, 0.3) is 0 Å². The van der Waals surface area contributed by atoms with Crippen LogP contribution < -0.4 is 5.32 Å². The number of nitrogens with one attached hydrogen (secondary N) is 1. The second-order valence-electron chi connectivity index (χ2n) is 6.27. The third kappa shape index (κ3) is 4.89. The van der Waals surface area contributed by atoms with Gasteiger partial charge in [0.05, 0.1) is 0 Å². The standard InChI is InChI=1S/C16H32N2/c1-2-3-4-5-6-7-8-12-18-13-11-17-14-16(18)15-9-10-15/h15-17H,2-14H2,1H3. The fraction of sp³-hybridized carbons (Fsp3) is 1.00. The Balaban J connectivity index is 1.51. The van der Waals surface area contributed by atoms with Crippen molar-refractivity contribution >= 4 is 0 Å². The normalized spacial score (nSPS) is 25.5. The monoisotopic (exact) mass is 252 g/mol. The van der Waals surface area contributed by atoms with Crippen LogP contribution in [-0.2, 0) is 0 Å². The highest BCUT2D eigenvalue weighted by atomic mass is 15.2. The average molecular weight is 252 g/mol. The summed E-state index contributed by atoms with van der Waals surface area (Å²) in [4.78, 5) is 2.78. The van der Waals surface area contributed by atoms with E-state index in [-0.39, 0.29) is 0 Å². The van der Waals surface area contributed by atoms with Crippen molar-refractivity contribution in [2.75, 3.05) is 26.2 Å². The Morgan fingerprint density at radius 1 is 1.00 bits per heavy atom. The molecule has 18 heavy (non-hydrogen) atoms. The largest absolute Gasteiger partial charge is 0.314 e. The summed E-state index contributed by atoms with van der Waals surface area (Å²) in [5.74, 6) is 1.03. The molecule has 106 valence electrons. The van der Waals surface area contributed by atoms with Gasteiger partial charge in [-0.3, -0.25) is 4.90 Å². The predicted molar refractivity (Wildman–Crippen MR) is 78.9 cm³/mol. The summed E-state index contributed by atoms with van der Waals surface area (Å²) >= 11 is 0. The maximum Gasteiger partial charge on any atom is 0.0249 e. The molecule has 1 heterocycles. The molecule has 1 aliphatic heterocycles. The number of rotatable bonds is 9. The van der Waals surface area contributed by atoms with Crippen molar-refractivity contribution in [3.63, 3.8) is 0 Å². The molecule has 2 heteroatoms. The van der Waals surface area contributed by atoms with Gasteiger partial charge in [0.1, 0.15) is 0 Å². The van der Waals surface area contributed by atoms with Crippen LogP contribution in [0.1, 0.15) is 64.7 Å². The molecule has 2 nitrogen and oxygen atoms in total. The molecule has 0 spiro atoms. The Hall–Kier alpha value is -0.0800. The maximum atomic E-state index is 3.57. The molecular formula is C16H32N2. The van der Waals surface area contributed by atoms with E-state index in [9.17, 15) is 0 Å². The van der Waals surface area contributed by atoms with E-state index in [1.807, 2.05) is 0 Å². The van der Waals surface area contributed by atoms with E-state index >= 15 is 0 Å². The lowest BCUT2D eigenvalue weighted by Gasteiger charge is -2.36. The molecule has 1 unspecified atom stereocenters. The Kier molecular flexibility index (Phi) is 6.50. The van der Waals surface area contributed by atoms with Crippen molar-refractivity contribution in [3.05, 3.63) is 0 Å². The average Bonchev–Trinajstić information content (AvgIpc) is 3.22. The highest BCUT2D eigenvalue weighted by Gasteiger charge is 2.35. The van der Waals surface area contributed by atoms with Gasteiger partial charge in [0, 0.05) is 25.7 Å². The van der Waals surface area contributed by atoms with Gasteiger partial charge in [0.15, 0.2) is 0 Å². The second-order valence-corrected chi connectivity index (χ2v) is 6.27. The summed E-state index contributed by atoms with van der Waals surface area (Å²) in [7, 11) is 0. The van der Waals surface area contributed by atoms with E-state index in [1.54, 1.807) is 0 Å². The maximum absolute atomic E-state index is 3.57. The van der Waals surface area contributed by atoms with E-state index < -0.39 is 0 Å². The van der Waals surface area contributed by atoms with Gasteiger partial charge in [0.2, 0.25) is 0 Å². The van der Waals surface area contributed by atoms with Gasteiger partial charge in [-0.2, -0.15) is 0 Å². The third-order valence-electron chi connectivity index (χ3n) is 4.61. The third-order valence-corrected chi connectivity index (χ3v) is 4.61. The molecule has 0 aromatic heterocycles. The van der Waals surface area contributed by atoms with Crippen molar-refractivity contribution in [1.29, 1.82) is 0 Å². The van der Waals surface area contributed by atoms with Crippen LogP contribution in [0.4, 0.5) is 0 Å². The molecular weight excluding hydrogens is 220 g/mol. The zero-order valence-corrected chi connectivity index (χ0v) is 12.3. The summed E-state index contributed by atoms with van der Waals surface area (Å²) in [6.07, 6.45) is 13.0. The van der Waals surface area contributed by atoms with Crippen molar-refractivity contribution in [3.8, 4) is 0 Å². The number of hydrogen-bond acceptors (Lipinski definition) is 2. The predicted octanol–water partition coefficient (Wildman–Crippen LogP) is 3.42. The number of piperazine rings is 1. The highest BCUT2D eigenvalue weighted by Crippen LogP contribution is 2.35. The fourth-order valence-corrected chi connectivity index (χ4v) is 3.26. The SMILES string of the molecule is CCCCCCCCCN1CCNCC1C1CC1. The van der Waals surface area contributed by atoms with Crippen LogP contribution >= 0.6 is 0 Å². The first-order chi connectivity index (χ1) is 8.92. The number of hydrogen-bond donors (Lipinski definition) is 1. The molecule has 0 bridgehead atoms. The minimum Gasteiger partial charge on any atom is -0.314 e. The second kappa shape index (κ2) is 8.16. The molecule has 2 fully saturated rings. The first-order valence-electron chi connectivity index (χ1n) is 8.36. The summed E-state index contributed by atoms with van der Waals surface area (Å²) < 4.78 is 0. The Labute approximate surface area is 114 Å². The molecule has 0 aromatic carbocycles. The number of unbranched alkanes of at least 4 members (excludes halogenated alkanes) is 6. The fourth-order valence-electron chi connectivity index (χ4n) is 3.26. The van der Waals surface area contributed by atoms with Crippen LogP contribution in [0, 0.1) is 5.92 Å². The molecule has 2 aliphatic rings. The van der Waals surface area contributed by atoms with Crippen LogP contribution in [-0.4, -0.2) is 37.1 Å². The van der Waals surface area contributed by atoms with Crippen molar-refractivity contribution in [2.45, 2.75) is 70.8 Å². The molecule has 0 amide bonds. The zero-order chi connectivity index (χ0) is 12.6. The molecule has 1 atom stereocenters. The first kappa shape index (κ1) is 14.3. The van der Waals surface area contributed by atoms with Gasteiger partial charge in [-0.05, 0) is 31.7 Å². The van der Waals surface area contributed by atoms with Gasteiger partial charge in [-0.1, -0.05) is 45.4 Å². The van der Waals surface area contributed by atoms with Crippen molar-refractivity contribution in [1.82, 2.24) is 10.2 Å². The number of nitrogens with zero attached hydrogens (tertiary/aromatic N) is 1. The summed E-state index contributed by atoms with van der Waals surface area (Å²) in [5, 5.41) is 3.57. The van der Waals surface area contributed by atoms with E-state index in [2.05, 4.69) is 17.1 Å². The van der Waals surface area contributed by atoms with Gasteiger partial charge in [-0.25, -0.2) is 0 Å². The molecule has 0 radical (unpaired) electrons. The smallest absolute Gasteiger partial charge is 0.0249 e. The lowest BCUT2D eigenvalue weighted by molar-refractivity contribution is 0.141. The Morgan fingerprint density at radius 2 is 1.72 bits per heavy atom. The highest BCUT2D eigenvalue weighted by molar-refractivity contribution is 4.92. The topological polar surface area (TPSA) is 15.3 Å². The lowest BCUT2D eigenvalue weighted by atomic mass is 10.1. The van der Waals surface area contributed by atoms with E-state index in [4.69, 9.17) is 0 Å². The Bertz CT molecular complexity index is 213. The van der Waals surface area contributed by atoms with Crippen LogP contribution in [0.2, 0.25) is 0 Å². The minimum atomic E-state index is 0.874. The lowest BCUT2D eigenvalue weighted by Crippen LogP contribution is -2.52. The summed E-state index contributed by atoms with van der Waals surface area (Å²) in [5.41, 5.74) is 0. The summed E-state index contributed by atoms with van der Waals surface area (Å²) in [6, 6.07) is 0.874. The zero-order valence-electron chi connectivity index (χ0n) is 12.3. The molecule has 1 saturated carbocycles. The van der Waals surface area contributed by atoms with Gasteiger partial charge >= 0.3 is 0 Å². The molecule has 0 aromatic rings. The van der Waals surface area contributed by atoms with E-state index in [0.717, 1.165) is 12.0 Å². The quantitative estimate of drug-likeness (QED) is 0.633. The van der Waals surface area contributed by atoms with Gasteiger partial charge in [0.25, 0.3) is 0 Å². The van der Waals surface area contributed by atoms with E-state index in [1.165, 1.54) is 84.0 Å². The Morgan fingerprint density at radius 3 is 2.44 bits per heavy atom. The molecule has 1 N–H and O–H groups in total. The van der Waals surface area contributed by atoms with Crippen LogP contribution in [0.5, 0.6) is 0 Å². The summed E-state index contributed by atoms with van der Waals surface area (Å²) in [6.45, 7) is 7.40. The van der Waals surface area contributed by atoms with Gasteiger partial charge in [-0.15, -0.1) is 0 Å².